The lowest BCUT2D eigenvalue weighted by Crippen LogP contribution is -2.37. The molecule has 0 amide bonds. The highest BCUT2D eigenvalue weighted by atomic mass is 16.5. The summed E-state index contributed by atoms with van der Waals surface area (Å²) < 4.78 is 5.51. The molecule has 0 aliphatic rings. The summed E-state index contributed by atoms with van der Waals surface area (Å²) in [6, 6.07) is 0.266. The molecule has 20 heavy (non-hydrogen) atoms. The molecule has 4 N–H and O–H groups in total. The van der Waals surface area contributed by atoms with E-state index in [9.17, 15) is 0 Å². The molecule has 1 heterocycles. The Hall–Kier alpha value is -1.63. The fourth-order valence-corrected chi connectivity index (χ4v) is 1.99. The van der Waals surface area contributed by atoms with Crippen LogP contribution < -0.4 is 21.3 Å². The van der Waals surface area contributed by atoms with Crippen molar-refractivity contribution in [2.45, 2.75) is 65.5 Å². The molecule has 0 saturated carbocycles. The molecule has 0 saturated heterocycles. The number of hydrogen-bond donors (Lipinski definition) is 3. The summed E-state index contributed by atoms with van der Waals surface area (Å²) in [6.07, 6.45) is 2.94. The van der Waals surface area contributed by atoms with Crippen molar-refractivity contribution in [2.75, 3.05) is 10.7 Å². The highest BCUT2D eigenvalue weighted by Crippen LogP contribution is 2.25. The molecule has 7 heteroatoms. The number of ether oxygens (including phenoxy) is 1. The molecule has 1 rings (SSSR count). The third-order valence-corrected chi connectivity index (χ3v) is 3.49. The molecule has 0 unspecified atom stereocenters. The Morgan fingerprint density at radius 3 is 2.05 bits per heavy atom. The van der Waals surface area contributed by atoms with E-state index in [1.54, 1.807) is 0 Å². The van der Waals surface area contributed by atoms with Crippen LogP contribution in [0.25, 0.3) is 0 Å². The van der Waals surface area contributed by atoms with E-state index in [0.717, 1.165) is 19.3 Å². The van der Waals surface area contributed by atoms with E-state index in [4.69, 9.17) is 10.6 Å². The molecule has 0 radical (unpaired) electrons. The minimum absolute atomic E-state index is 0.0100. The molecular formula is C13H26N6O. The summed E-state index contributed by atoms with van der Waals surface area (Å²) in [5.74, 6) is 6.16. The Labute approximate surface area is 120 Å². The highest BCUT2D eigenvalue weighted by molar-refractivity contribution is 5.37. The number of anilines is 2. The van der Waals surface area contributed by atoms with E-state index in [1.165, 1.54) is 0 Å². The van der Waals surface area contributed by atoms with Crippen molar-refractivity contribution in [3.8, 4) is 6.01 Å². The second kappa shape index (κ2) is 7.23. The summed E-state index contributed by atoms with van der Waals surface area (Å²) in [5, 5.41) is 3.39. The molecule has 0 aromatic carbocycles. The Morgan fingerprint density at radius 1 is 1.05 bits per heavy atom. The maximum Gasteiger partial charge on any atom is 0.323 e. The van der Waals surface area contributed by atoms with Gasteiger partial charge >= 0.3 is 6.01 Å². The van der Waals surface area contributed by atoms with E-state index < -0.39 is 0 Å². The molecule has 0 aliphatic carbocycles. The molecule has 1 aromatic heterocycles. The average molecular weight is 282 g/mol. The van der Waals surface area contributed by atoms with Gasteiger partial charge in [0.15, 0.2) is 0 Å². The zero-order chi connectivity index (χ0) is 15.2. The summed E-state index contributed by atoms with van der Waals surface area (Å²) in [4.78, 5) is 12.6. The average Bonchev–Trinajstić information content (AvgIpc) is 2.44. The largest absolute Gasteiger partial charge is 0.461 e. The summed E-state index contributed by atoms with van der Waals surface area (Å²) in [7, 11) is 0. The van der Waals surface area contributed by atoms with Gasteiger partial charge in [-0.05, 0) is 33.1 Å². The van der Waals surface area contributed by atoms with Crippen LogP contribution in [0.4, 0.5) is 11.9 Å². The lowest BCUT2D eigenvalue weighted by Gasteiger charge is -2.31. The standard InChI is InChI=1S/C13H26N6O/c1-6-13(7-2,8-3)18-10-15-11(19-14)17-12(16-10)20-9(4)5/h9H,6-8,14H2,1-5H3,(H2,15,16,17,18,19). The number of aromatic nitrogens is 3. The highest BCUT2D eigenvalue weighted by Gasteiger charge is 2.25. The number of nitrogens with zero attached hydrogens (tertiary/aromatic N) is 3. The molecule has 0 aliphatic heterocycles. The number of nitrogens with two attached hydrogens (primary N) is 1. The van der Waals surface area contributed by atoms with Crippen LogP contribution in [-0.4, -0.2) is 26.6 Å². The van der Waals surface area contributed by atoms with E-state index in [2.05, 4.69) is 46.5 Å². The third-order valence-electron chi connectivity index (χ3n) is 3.49. The topological polar surface area (TPSA) is 98.0 Å². The van der Waals surface area contributed by atoms with Crippen molar-refractivity contribution >= 4 is 11.9 Å². The number of nitrogens with one attached hydrogen (secondary N) is 2. The Morgan fingerprint density at radius 2 is 1.60 bits per heavy atom. The molecule has 1 aromatic rings. The SMILES string of the molecule is CCC(CC)(CC)Nc1nc(NN)nc(OC(C)C)n1. The minimum Gasteiger partial charge on any atom is -0.461 e. The molecule has 0 spiro atoms. The predicted molar refractivity (Wildman–Crippen MR) is 80.6 cm³/mol. The van der Waals surface area contributed by atoms with Gasteiger partial charge in [0.1, 0.15) is 0 Å². The maximum absolute atomic E-state index is 5.51. The van der Waals surface area contributed by atoms with Crippen LogP contribution in [0.5, 0.6) is 6.01 Å². The first-order chi connectivity index (χ1) is 9.48. The summed E-state index contributed by atoms with van der Waals surface area (Å²) in [5.41, 5.74) is 2.41. The van der Waals surface area contributed by atoms with Gasteiger partial charge in [0, 0.05) is 5.54 Å². The van der Waals surface area contributed by atoms with Gasteiger partial charge in [-0.3, -0.25) is 5.43 Å². The van der Waals surface area contributed by atoms with Crippen molar-refractivity contribution in [2.24, 2.45) is 5.84 Å². The number of rotatable bonds is 8. The Balaban J connectivity index is 3.04. The van der Waals surface area contributed by atoms with Gasteiger partial charge in [-0.1, -0.05) is 20.8 Å². The molecule has 0 fully saturated rings. The van der Waals surface area contributed by atoms with Crippen molar-refractivity contribution in [1.29, 1.82) is 0 Å². The minimum atomic E-state index is -0.0255. The van der Waals surface area contributed by atoms with Gasteiger partial charge < -0.3 is 10.1 Å². The van der Waals surface area contributed by atoms with Crippen LogP contribution in [0, 0.1) is 0 Å². The normalized spacial score (nSPS) is 11.6. The van der Waals surface area contributed by atoms with Crippen LogP contribution in [0.1, 0.15) is 53.9 Å². The molecule has 7 nitrogen and oxygen atoms in total. The van der Waals surface area contributed by atoms with Crippen LogP contribution >= 0.6 is 0 Å². The van der Waals surface area contributed by atoms with Crippen LogP contribution in [0.3, 0.4) is 0 Å². The number of hydrogen-bond acceptors (Lipinski definition) is 7. The maximum atomic E-state index is 5.51. The van der Waals surface area contributed by atoms with E-state index in [0.29, 0.717) is 5.95 Å². The van der Waals surface area contributed by atoms with Crippen molar-refractivity contribution in [1.82, 2.24) is 15.0 Å². The molecule has 0 atom stereocenters. The van der Waals surface area contributed by atoms with Gasteiger partial charge in [-0.25, -0.2) is 5.84 Å². The Bertz CT molecular complexity index is 411. The molecular weight excluding hydrogens is 256 g/mol. The number of nitrogen functional groups attached to an aromatic ring is 1. The quantitative estimate of drug-likeness (QED) is 0.497. The fourth-order valence-electron chi connectivity index (χ4n) is 1.99. The fraction of sp³-hybridized carbons (Fsp3) is 0.769. The zero-order valence-corrected chi connectivity index (χ0v) is 13.0. The first-order valence-electron chi connectivity index (χ1n) is 7.16. The number of hydrazine groups is 1. The van der Waals surface area contributed by atoms with Crippen molar-refractivity contribution in [3.63, 3.8) is 0 Å². The van der Waals surface area contributed by atoms with E-state index >= 15 is 0 Å². The van der Waals surface area contributed by atoms with Gasteiger partial charge in [0.2, 0.25) is 11.9 Å². The second-order valence-electron chi connectivity index (χ2n) is 5.04. The first-order valence-corrected chi connectivity index (χ1v) is 7.16. The molecule has 114 valence electrons. The smallest absolute Gasteiger partial charge is 0.323 e. The van der Waals surface area contributed by atoms with Gasteiger partial charge in [-0.2, -0.15) is 15.0 Å². The van der Waals surface area contributed by atoms with Crippen molar-refractivity contribution in [3.05, 3.63) is 0 Å². The van der Waals surface area contributed by atoms with Crippen molar-refractivity contribution < 1.29 is 4.74 Å². The van der Waals surface area contributed by atoms with Gasteiger partial charge in [-0.15, -0.1) is 0 Å². The monoisotopic (exact) mass is 282 g/mol. The predicted octanol–water partition coefficient (Wildman–Crippen LogP) is 2.33. The Kier molecular flexibility index (Phi) is 5.94. The summed E-state index contributed by atoms with van der Waals surface area (Å²) in [6.45, 7) is 10.3. The van der Waals surface area contributed by atoms with E-state index in [-0.39, 0.29) is 23.6 Å². The van der Waals surface area contributed by atoms with Gasteiger partial charge in [0.25, 0.3) is 0 Å². The zero-order valence-electron chi connectivity index (χ0n) is 13.0. The third kappa shape index (κ3) is 4.19. The van der Waals surface area contributed by atoms with Crippen LogP contribution in [0.2, 0.25) is 0 Å². The first kappa shape index (κ1) is 16.4. The van der Waals surface area contributed by atoms with E-state index in [1.807, 2.05) is 13.8 Å². The lowest BCUT2D eigenvalue weighted by atomic mass is 9.90. The molecule has 0 bridgehead atoms. The second-order valence-corrected chi connectivity index (χ2v) is 5.04. The van der Waals surface area contributed by atoms with Crippen LogP contribution in [-0.2, 0) is 0 Å². The summed E-state index contributed by atoms with van der Waals surface area (Å²) >= 11 is 0. The lowest BCUT2D eigenvalue weighted by molar-refractivity contribution is 0.222. The van der Waals surface area contributed by atoms with Crippen LogP contribution in [0.15, 0.2) is 0 Å². The van der Waals surface area contributed by atoms with Gasteiger partial charge in [0.05, 0.1) is 6.10 Å².